The van der Waals surface area contributed by atoms with Crippen molar-refractivity contribution < 1.29 is 0 Å². The maximum absolute atomic E-state index is 2.67. The van der Waals surface area contributed by atoms with E-state index >= 15 is 0 Å². The molecule has 0 amide bonds. The molecule has 0 spiro atoms. The first-order chi connectivity index (χ1) is 29.4. The summed E-state index contributed by atoms with van der Waals surface area (Å²) < 4.78 is 0. The molecule has 0 aromatic heterocycles. The lowest BCUT2D eigenvalue weighted by atomic mass is 9.78. The summed E-state index contributed by atoms with van der Waals surface area (Å²) in [5.74, 6) is 0. The molecule has 288 valence electrons. The predicted octanol–water partition coefficient (Wildman–Crippen LogP) is 14.5. The average molecular weight is 769 g/mol. The Balaban J connectivity index is 1.27. The molecule has 9 aromatic carbocycles. The van der Waals surface area contributed by atoms with E-state index in [1.54, 1.807) is 16.7 Å². The smallest absolute Gasteiger partial charge is 0.000787 e. The summed E-state index contributed by atoms with van der Waals surface area (Å²) in [5.41, 5.74) is 22.8. The van der Waals surface area contributed by atoms with Crippen LogP contribution in [-0.4, -0.2) is 0 Å². The van der Waals surface area contributed by atoms with Gasteiger partial charge in [0.05, 0.1) is 0 Å². The van der Waals surface area contributed by atoms with Crippen molar-refractivity contribution in [2.45, 2.75) is 79.1 Å². The van der Waals surface area contributed by atoms with Crippen LogP contribution >= 0.6 is 0 Å². The van der Waals surface area contributed by atoms with Gasteiger partial charge in [-0.05, 0) is 221 Å². The first-order valence-electron chi connectivity index (χ1n) is 22.6. The van der Waals surface area contributed by atoms with Gasteiger partial charge in [0.25, 0.3) is 0 Å². The molecule has 4 aliphatic carbocycles. The normalized spacial score (nSPS) is 15.0. The molecule has 4 aliphatic rings. The van der Waals surface area contributed by atoms with Gasteiger partial charge in [-0.15, -0.1) is 0 Å². The molecule has 13 rings (SSSR count). The van der Waals surface area contributed by atoms with E-state index in [4.69, 9.17) is 0 Å². The summed E-state index contributed by atoms with van der Waals surface area (Å²) >= 11 is 0. The number of hydrogen-bond donors (Lipinski definition) is 0. The molecule has 0 unspecified atom stereocenters. The van der Waals surface area contributed by atoms with Crippen molar-refractivity contribution in [2.75, 3.05) is 0 Å². The summed E-state index contributed by atoms with van der Waals surface area (Å²) in [6.45, 7) is 9.14. The fraction of sp³-hybridized carbons (Fsp3) is 0.200. The van der Waals surface area contributed by atoms with Crippen molar-refractivity contribution in [1.82, 2.24) is 0 Å². The van der Waals surface area contributed by atoms with Crippen LogP contribution < -0.4 is 10.4 Å². The zero-order valence-electron chi connectivity index (χ0n) is 35.2. The maximum atomic E-state index is 2.67. The van der Waals surface area contributed by atoms with Gasteiger partial charge >= 0.3 is 0 Å². The first kappa shape index (κ1) is 34.6. The van der Waals surface area contributed by atoms with Crippen LogP contribution in [0.4, 0.5) is 0 Å². The number of benzene rings is 9. The zero-order valence-corrected chi connectivity index (χ0v) is 35.2. The van der Waals surface area contributed by atoms with Crippen LogP contribution in [0.3, 0.4) is 0 Å². The van der Waals surface area contributed by atoms with E-state index in [1.165, 1.54) is 143 Å². The monoisotopic (exact) mass is 768 g/mol. The molecule has 0 aliphatic heterocycles. The quantitative estimate of drug-likeness (QED) is 0.124. The van der Waals surface area contributed by atoms with E-state index in [9.17, 15) is 0 Å². The Morgan fingerprint density at radius 2 is 1.18 bits per heavy atom. The molecule has 0 saturated carbocycles. The molecule has 0 radical (unpaired) electrons. The first-order valence-corrected chi connectivity index (χ1v) is 22.6. The average Bonchev–Trinajstić information content (AvgIpc) is 3.38. The highest BCUT2D eigenvalue weighted by atomic mass is 14.3. The number of hydrogen-bond acceptors (Lipinski definition) is 0. The molecule has 0 heteroatoms. The minimum atomic E-state index is 1.01. The van der Waals surface area contributed by atoms with Crippen LogP contribution in [0.5, 0.6) is 0 Å². The van der Waals surface area contributed by atoms with Gasteiger partial charge in [0, 0.05) is 0 Å². The van der Waals surface area contributed by atoms with Gasteiger partial charge in [-0.25, -0.2) is 0 Å². The van der Waals surface area contributed by atoms with Gasteiger partial charge in [0.2, 0.25) is 0 Å². The lowest BCUT2D eigenvalue weighted by Gasteiger charge is -2.25. The molecule has 0 heterocycles. The van der Waals surface area contributed by atoms with Crippen LogP contribution in [-0.2, 0) is 25.7 Å². The SMILES string of the molecule is CCc1cc(C)cc(-c2c3cc4c(cc3c(-c3cc(C)cc(C)c3)c3c2c2c(c5ccccc53)CCCC=C2)-c2ccc3c5c(c6c7c(cccc73)=CCC6)CCC4=c25)c1. The van der Waals surface area contributed by atoms with Gasteiger partial charge in [-0.1, -0.05) is 133 Å². The largest absolute Gasteiger partial charge is 0.0839 e. The number of fused-ring (bicyclic) bond motifs is 12. The topological polar surface area (TPSA) is 0 Å². The Labute approximate surface area is 352 Å². The molecule has 60 heavy (non-hydrogen) atoms. The van der Waals surface area contributed by atoms with Crippen molar-refractivity contribution in [2.24, 2.45) is 0 Å². The minimum Gasteiger partial charge on any atom is -0.0839 e. The molecule has 0 nitrogen and oxygen atoms in total. The lowest BCUT2D eigenvalue weighted by molar-refractivity contribution is 0.857. The van der Waals surface area contributed by atoms with E-state index < -0.39 is 0 Å². The number of rotatable bonds is 3. The Morgan fingerprint density at radius 3 is 2.02 bits per heavy atom. The van der Waals surface area contributed by atoms with Crippen molar-refractivity contribution in [3.63, 3.8) is 0 Å². The third kappa shape index (κ3) is 4.68. The van der Waals surface area contributed by atoms with E-state index in [-0.39, 0.29) is 0 Å². The molecule has 0 N–H and O–H groups in total. The second-order valence-electron chi connectivity index (χ2n) is 18.5. The van der Waals surface area contributed by atoms with Crippen LogP contribution in [0, 0.1) is 20.8 Å². The highest BCUT2D eigenvalue weighted by Crippen LogP contribution is 2.53. The van der Waals surface area contributed by atoms with Crippen molar-refractivity contribution in [1.29, 1.82) is 0 Å². The highest BCUT2D eigenvalue weighted by Gasteiger charge is 2.32. The fourth-order valence-corrected chi connectivity index (χ4v) is 12.6. The second kappa shape index (κ2) is 12.6. The molecule has 0 bridgehead atoms. The molecular weight excluding hydrogens is 721 g/mol. The van der Waals surface area contributed by atoms with Crippen molar-refractivity contribution in [3.05, 3.63) is 170 Å². The van der Waals surface area contributed by atoms with E-state index in [0.717, 1.165) is 44.9 Å². The summed E-state index contributed by atoms with van der Waals surface area (Å²) in [5, 5.41) is 17.2. The minimum absolute atomic E-state index is 1.01. The Bertz CT molecular complexity index is 3600. The molecule has 0 atom stereocenters. The fourth-order valence-electron chi connectivity index (χ4n) is 12.6. The molecule has 0 fully saturated rings. The lowest BCUT2D eigenvalue weighted by Crippen LogP contribution is -2.19. The molecular formula is C60H48. The Kier molecular flexibility index (Phi) is 7.29. The van der Waals surface area contributed by atoms with E-state index in [1.807, 2.05) is 0 Å². The van der Waals surface area contributed by atoms with Gasteiger partial charge in [-0.3, -0.25) is 0 Å². The van der Waals surface area contributed by atoms with Gasteiger partial charge in [0.15, 0.2) is 0 Å². The third-order valence-corrected chi connectivity index (χ3v) is 14.8. The highest BCUT2D eigenvalue weighted by molar-refractivity contribution is 6.31. The van der Waals surface area contributed by atoms with Crippen molar-refractivity contribution >= 4 is 71.6 Å². The van der Waals surface area contributed by atoms with E-state index in [2.05, 4.69) is 149 Å². The summed E-state index contributed by atoms with van der Waals surface area (Å²) in [4.78, 5) is 0. The predicted molar refractivity (Wildman–Crippen MR) is 259 cm³/mol. The van der Waals surface area contributed by atoms with Gasteiger partial charge in [0.1, 0.15) is 0 Å². The van der Waals surface area contributed by atoms with Crippen LogP contribution in [0.2, 0.25) is 0 Å². The summed E-state index contributed by atoms with van der Waals surface area (Å²) in [7, 11) is 0. The maximum Gasteiger partial charge on any atom is -0.000787 e. The van der Waals surface area contributed by atoms with Gasteiger partial charge in [-0.2, -0.15) is 0 Å². The zero-order chi connectivity index (χ0) is 40.0. The van der Waals surface area contributed by atoms with Crippen LogP contribution in [0.1, 0.15) is 82.7 Å². The summed E-state index contributed by atoms with van der Waals surface area (Å²) in [6.07, 6.45) is 16.3. The van der Waals surface area contributed by atoms with Crippen molar-refractivity contribution in [3.8, 4) is 33.4 Å². The Hall–Kier alpha value is -6.24. The van der Waals surface area contributed by atoms with Gasteiger partial charge < -0.3 is 0 Å². The van der Waals surface area contributed by atoms with Crippen LogP contribution in [0.15, 0.2) is 109 Å². The van der Waals surface area contributed by atoms with E-state index in [0.29, 0.717) is 0 Å². The standard InChI is InChI=1S/C60H48/c1-5-36-26-35(4)29-39(30-36)56-53-32-51-49-24-22-47-45-20-12-14-37-13-11-19-44(54(37)45)46-21-23-48(58(49)57(46)47)50(51)31-52(53)55(38-27-33(2)25-34(3)28-38)59-43-18-10-9-16-41(43)40-15-7-6-8-17-42(40)60(56)59/h8-11,13-14,16-19,21,23,25-32H,5-7,12,15,20,22,24H2,1-4H3. The third-order valence-electron chi connectivity index (χ3n) is 14.8. The molecule has 0 saturated heterocycles. The van der Waals surface area contributed by atoms with Crippen LogP contribution in [0.25, 0.3) is 105 Å². The Morgan fingerprint density at radius 1 is 0.483 bits per heavy atom. The summed E-state index contributed by atoms with van der Waals surface area (Å²) in [6, 6.07) is 41.3. The number of allylic oxidation sites excluding steroid dienone is 1. The number of aryl methyl sites for hydroxylation is 7. The second-order valence-corrected chi connectivity index (χ2v) is 18.5. The molecule has 9 aromatic rings.